The Labute approximate surface area is 119 Å². The maximum Gasteiger partial charge on any atom is 0.181 e. The standard InChI is InChI=1S/C14H24O6/c1(3-11-7-17-11)5-15-13-9-20-14(10-19-13)16-6-2-4-12-8-18-12/h11-14H,1-10H2. The molecule has 20 heavy (non-hydrogen) atoms. The van der Waals surface area contributed by atoms with Crippen molar-refractivity contribution in [2.75, 3.05) is 39.6 Å². The second-order valence-corrected chi connectivity index (χ2v) is 5.46. The molecule has 0 radical (unpaired) electrons. The largest absolute Gasteiger partial charge is 0.373 e. The molecular formula is C14H24O6. The van der Waals surface area contributed by atoms with Crippen molar-refractivity contribution < 1.29 is 28.4 Å². The van der Waals surface area contributed by atoms with E-state index in [1.54, 1.807) is 0 Å². The van der Waals surface area contributed by atoms with Crippen LogP contribution in [0.1, 0.15) is 25.7 Å². The van der Waals surface area contributed by atoms with E-state index in [2.05, 4.69) is 0 Å². The van der Waals surface area contributed by atoms with Gasteiger partial charge in [0.1, 0.15) is 13.2 Å². The van der Waals surface area contributed by atoms with Gasteiger partial charge in [-0.15, -0.1) is 0 Å². The first-order valence-electron chi connectivity index (χ1n) is 7.60. The Bertz CT molecular complexity index is 243. The fourth-order valence-corrected chi connectivity index (χ4v) is 2.18. The van der Waals surface area contributed by atoms with Gasteiger partial charge < -0.3 is 28.4 Å². The van der Waals surface area contributed by atoms with Crippen molar-refractivity contribution in [3.8, 4) is 0 Å². The zero-order chi connectivity index (χ0) is 13.6. The highest BCUT2D eigenvalue weighted by molar-refractivity contribution is 4.69. The molecule has 6 nitrogen and oxygen atoms in total. The monoisotopic (exact) mass is 288 g/mol. The molecule has 116 valence electrons. The quantitative estimate of drug-likeness (QED) is 0.443. The van der Waals surface area contributed by atoms with Crippen molar-refractivity contribution in [1.82, 2.24) is 0 Å². The third-order valence-corrected chi connectivity index (χ3v) is 3.59. The van der Waals surface area contributed by atoms with Gasteiger partial charge in [0.25, 0.3) is 0 Å². The van der Waals surface area contributed by atoms with Crippen molar-refractivity contribution >= 4 is 0 Å². The van der Waals surface area contributed by atoms with Crippen molar-refractivity contribution in [1.29, 1.82) is 0 Å². The molecule has 3 aliphatic heterocycles. The highest BCUT2D eigenvalue weighted by Gasteiger charge is 2.25. The molecule has 6 heteroatoms. The van der Waals surface area contributed by atoms with Gasteiger partial charge in [-0.3, -0.25) is 0 Å². The van der Waals surface area contributed by atoms with Crippen LogP contribution in [0.25, 0.3) is 0 Å². The van der Waals surface area contributed by atoms with Crippen LogP contribution in [-0.4, -0.2) is 64.4 Å². The van der Waals surface area contributed by atoms with Crippen LogP contribution in [0.3, 0.4) is 0 Å². The van der Waals surface area contributed by atoms with Crippen molar-refractivity contribution in [3.63, 3.8) is 0 Å². The van der Waals surface area contributed by atoms with Gasteiger partial charge in [0.15, 0.2) is 12.6 Å². The SMILES string of the molecule is C(COC1COC(OCCCC2CO2)CO1)CC1CO1. The average Bonchev–Trinajstić information content (AvgIpc) is 3.36. The van der Waals surface area contributed by atoms with E-state index in [0.29, 0.717) is 38.6 Å². The third kappa shape index (κ3) is 5.63. The molecular weight excluding hydrogens is 264 g/mol. The highest BCUT2D eigenvalue weighted by Crippen LogP contribution is 2.17. The molecule has 3 heterocycles. The average molecular weight is 288 g/mol. The highest BCUT2D eigenvalue weighted by atomic mass is 16.8. The van der Waals surface area contributed by atoms with E-state index in [-0.39, 0.29) is 12.6 Å². The summed E-state index contributed by atoms with van der Waals surface area (Å²) in [5.41, 5.74) is 0. The molecule has 0 saturated carbocycles. The summed E-state index contributed by atoms with van der Waals surface area (Å²) >= 11 is 0. The van der Waals surface area contributed by atoms with Crippen molar-refractivity contribution in [2.24, 2.45) is 0 Å². The fourth-order valence-electron chi connectivity index (χ4n) is 2.18. The van der Waals surface area contributed by atoms with E-state index < -0.39 is 0 Å². The number of hydrogen-bond donors (Lipinski definition) is 0. The summed E-state index contributed by atoms with van der Waals surface area (Å²) in [5, 5.41) is 0. The predicted molar refractivity (Wildman–Crippen MR) is 69.3 cm³/mol. The summed E-state index contributed by atoms with van der Waals surface area (Å²) in [6, 6.07) is 0. The second-order valence-electron chi connectivity index (χ2n) is 5.46. The first-order chi connectivity index (χ1) is 9.90. The molecule has 0 aromatic heterocycles. The molecule has 4 atom stereocenters. The van der Waals surface area contributed by atoms with Crippen LogP contribution in [0.4, 0.5) is 0 Å². The smallest absolute Gasteiger partial charge is 0.181 e. The van der Waals surface area contributed by atoms with E-state index in [0.717, 1.165) is 38.9 Å². The van der Waals surface area contributed by atoms with Crippen LogP contribution in [-0.2, 0) is 28.4 Å². The zero-order valence-electron chi connectivity index (χ0n) is 11.8. The molecule has 0 aromatic rings. The lowest BCUT2D eigenvalue weighted by atomic mass is 10.2. The maximum atomic E-state index is 5.60. The Morgan fingerprint density at radius 2 is 1.10 bits per heavy atom. The lowest BCUT2D eigenvalue weighted by Gasteiger charge is -2.29. The van der Waals surface area contributed by atoms with Gasteiger partial charge in [-0.25, -0.2) is 0 Å². The Morgan fingerprint density at radius 1 is 0.650 bits per heavy atom. The fraction of sp³-hybridized carbons (Fsp3) is 1.00. The van der Waals surface area contributed by atoms with E-state index in [4.69, 9.17) is 28.4 Å². The minimum Gasteiger partial charge on any atom is -0.373 e. The van der Waals surface area contributed by atoms with Crippen LogP contribution < -0.4 is 0 Å². The molecule has 3 rings (SSSR count). The van der Waals surface area contributed by atoms with Crippen LogP contribution in [0.2, 0.25) is 0 Å². The molecule has 0 aliphatic carbocycles. The van der Waals surface area contributed by atoms with Crippen molar-refractivity contribution in [2.45, 2.75) is 50.5 Å². The van der Waals surface area contributed by atoms with Gasteiger partial charge >= 0.3 is 0 Å². The summed E-state index contributed by atoms with van der Waals surface area (Å²) in [6.45, 7) is 4.10. The molecule has 0 aromatic carbocycles. The first kappa shape index (κ1) is 14.7. The number of ether oxygens (including phenoxy) is 6. The molecule has 0 amide bonds. The first-order valence-corrected chi connectivity index (χ1v) is 7.60. The molecule has 3 fully saturated rings. The summed E-state index contributed by atoms with van der Waals surface area (Å²) in [4.78, 5) is 0. The van der Waals surface area contributed by atoms with Crippen LogP contribution in [0, 0.1) is 0 Å². The lowest BCUT2D eigenvalue weighted by molar-refractivity contribution is -0.289. The van der Waals surface area contributed by atoms with E-state index in [1.165, 1.54) is 0 Å². The molecule has 3 saturated heterocycles. The van der Waals surface area contributed by atoms with Crippen LogP contribution in [0.5, 0.6) is 0 Å². The van der Waals surface area contributed by atoms with Gasteiger partial charge in [-0.05, 0) is 25.7 Å². The maximum absolute atomic E-state index is 5.60. The minimum atomic E-state index is -0.255. The summed E-state index contributed by atoms with van der Waals surface area (Å²) in [7, 11) is 0. The normalized spacial score (nSPS) is 36.0. The molecule has 4 unspecified atom stereocenters. The molecule has 0 bridgehead atoms. The van der Waals surface area contributed by atoms with Gasteiger partial charge in [0, 0.05) is 13.2 Å². The van der Waals surface area contributed by atoms with Crippen LogP contribution in [0.15, 0.2) is 0 Å². The predicted octanol–water partition coefficient (Wildman–Crippen LogP) is 1.08. The number of hydrogen-bond acceptors (Lipinski definition) is 6. The summed E-state index contributed by atoms with van der Waals surface area (Å²) < 4.78 is 32.6. The second kappa shape index (κ2) is 7.68. The molecule has 0 spiro atoms. The minimum absolute atomic E-state index is 0.255. The Balaban J connectivity index is 1.15. The van der Waals surface area contributed by atoms with Gasteiger partial charge in [-0.2, -0.15) is 0 Å². The number of rotatable bonds is 10. The topological polar surface area (TPSA) is 62.0 Å². The summed E-state index contributed by atoms with van der Waals surface area (Å²) in [6.07, 6.45) is 4.60. The van der Waals surface area contributed by atoms with Gasteiger partial charge in [0.2, 0.25) is 0 Å². The van der Waals surface area contributed by atoms with E-state index in [9.17, 15) is 0 Å². The Hall–Kier alpha value is -0.240. The van der Waals surface area contributed by atoms with E-state index >= 15 is 0 Å². The van der Waals surface area contributed by atoms with Crippen molar-refractivity contribution in [3.05, 3.63) is 0 Å². The van der Waals surface area contributed by atoms with Gasteiger partial charge in [-0.1, -0.05) is 0 Å². The number of epoxide rings is 2. The Kier molecular flexibility index (Phi) is 5.64. The third-order valence-electron chi connectivity index (χ3n) is 3.59. The molecule has 0 N–H and O–H groups in total. The zero-order valence-corrected chi connectivity index (χ0v) is 11.8. The lowest BCUT2D eigenvalue weighted by Crippen LogP contribution is -2.39. The Morgan fingerprint density at radius 3 is 1.45 bits per heavy atom. The van der Waals surface area contributed by atoms with Crippen LogP contribution >= 0.6 is 0 Å². The van der Waals surface area contributed by atoms with E-state index in [1.807, 2.05) is 0 Å². The summed E-state index contributed by atoms with van der Waals surface area (Å²) in [5.74, 6) is 0. The van der Waals surface area contributed by atoms with Gasteiger partial charge in [0.05, 0.1) is 25.4 Å². The molecule has 3 aliphatic rings.